The molecule has 0 aromatic heterocycles. The Bertz CT molecular complexity index is 2150. The summed E-state index contributed by atoms with van der Waals surface area (Å²) >= 11 is 0. The molecule has 0 unspecified atom stereocenters. The summed E-state index contributed by atoms with van der Waals surface area (Å²) in [6, 6.07) is 15.1. The van der Waals surface area contributed by atoms with Gasteiger partial charge >= 0.3 is 5.97 Å². The van der Waals surface area contributed by atoms with Crippen molar-refractivity contribution in [3.63, 3.8) is 0 Å². The molecule has 2 aliphatic rings. The van der Waals surface area contributed by atoms with Gasteiger partial charge in [0.05, 0.1) is 25.4 Å². The number of amides is 1. The number of hydrogen-bond donors (Lipinski definition) is 1. The summed E-state index contributed by atoms with van der Waals surface area (Å²) in [5.74, 6) is -17.0. The minimum absolute atomic E-state index is 0.154. The molecule has 1 amide bonds. The first kappa shape index (κ1) is 36.6. The molecule has 4 aromatic carbocycles. The molecular weight excluding hydrogens is 718 g/mol. The van der Waals surface area contributed by atoms with Crippen LogP contribution in [-0.4, -0.2) is 55.5 Å². The third kappa shape index (κ3) is 7.00. The molecule has 0 saturated carbocycles. The van der Waals surface area contributed by atoms with E-state index in [0.717, 1.165) is 22.1 Å². The maximum absolute atomic E-state index is 15.9. The molecule has 2 aliphatic heterocycles. The molecule has 1 saturated heterocycles. The Morgan fingerprint density at radius 2 is 1.54 bits per heavy atom. The van der Waals surface area contributed by atoms with Gasteiger partial charge in [-0.05, 0) is 41.2 Å². The lowest BCUT2D eigenvalue weighted by Gasteiger charge is -2.41. The number of carbonyl (C=O) groups excluding carboxylic acids is 1. The van der Waals surface area contributed by atoms with E-state index in [4.69, 9.17) is 9.47 Å². The molecule has 0 bridgehead atoms. The number of ether oxygens (including phenoxy) is 2. The van der Waals surface area contributed by atoms with Gasteiger partial charge in [0.2, 0.25) is 21.7 Å². The molecule has 0 spiro atoms. The van der Waals surface area contributed by atoms with Crippen molar-refractivity contribution < 1.29 is 58.9 Å². The predicted molar refractivity (Wildman–Crippen MR) is 174 cm³/mol. The zero-order valence-electron chi connectivity index (χ0n) is 26.9. The van der Waals surface area contributed by atoms with Gasteiger partial charge in [-0.3, -0.25) is 4.79 Å². The minimum Gasteiger partial charge on any atom is -0.488 e. The topological polar surface area (TPSA) is 113 Å². The Kier molecular flexibility index (Phi) is 10.4. The number of halogens is 6. The smallest absolute Gasteiger partial charge is 0.339 e. The van der Waals surface area contributed by atoms with Crippen molar-refractivity contribution in [2.45, 2.75) is 36.9 Å². The van der Waals surface area contributed by atoms with Crippen LogP contribution in [0.4, 0.5) is 32.0 Å². The lowest BCUT2D eigenvalue weighted by Crippen LogP contribution is -2.59. The number of rotatable bonds is 11. The summed E-state index contributed by atoms with van der Waals surface area (Å²) in [5, 5.41) is 9.81. The summed E-state index contributed by atoms with van der Waals surface area (Å²) in [6.45, 7) is -0.187. The molecule has 1 N–H and O–H groups in total. The fourth-order valence-corrected chi connectivity index (χ4v) is 7.60. The molecule has 2 heterocycles. The van der Waals surface area contributed by atoms with Crippen molar-refractivity contribution in [1.82, 2.24) is 4.31 Å². The molecule has 0 radical (unpaired) electrons. The van der Waals surface area contributed by atoms with E-state index in [-0.39, 0.29) is 23.1 Å². The predicted octanol–water partition coefficient (Wildman–Crippen LogP) is 6.60. The fourth-order valence-electron chi connectivity index (χ4n) is 5.86. The summed E-state index contributed by atoms with van der Waals surface area (Å²) in [7, 11) is -5.53. The first-order valence-electron chi connectivity index (χ1n) is 15.7. The summed E-state index contributed by atoms with van der Waals surface area (Å²) < 4.78 is 125. The second kappa shape index (κ2) is 14.8. The van der Waals surface area contributed by atoms with E-state index in [9.17, 15) is 45.1 Å². The Morgan fingerprint density at radius 1 is 0.885 bits per heavy atom. The van der Waals surface area contributed by atoms with E-state index < -0.39 is 92.1 Å². The Hall–Kier alpha value is -5.19. The molecule has 6 rings (SSSR count). The van der Waals surface area contributed by atoms with Crippen LogP contribution in [0.2, 0.25) is 0 Å². The highest BCUT2D eigenvalue weighted by atomic mass is 32.2. The number of anilines is 1. The lowest BCUT2D eigenvalue weighted by atomic mass is 9.99. The molecule has 4 aromatic rings. The minimum atomic E-state index is -5.53. The zero-order valence-corrected chi connectivity index (χ0v) is 27.7. The highest BCUT2D eigenvalue weighted by Gasteiger charge is 2.48. The Morgan fingerprint density at radius 3 is 2.12 bits per heavy atom. The normalized spacial score (nSPS) is 16.2. The van der Waals surface area contributed by atoms with Gasteiger partial charge < -0.3 is 19.5 Å². The van der Waals surface area contributed by atoms with Gasteiger partial charge in [0.15, 0.2) is 28.2 Å². The van der Waals surface area contributed by atoms with Crippen molar-refractivity contribution in [3.05, 3.63) is 130 Å². The zero-order chi connectivity index (χ0) is 37.3. The molecule has 272 valence electrons. The molecular formula is C36H28F6N2O7S. The van der Waals surface area contributed by atoms with Crippen LogP contribution in [0.25, 0.3) is 5.57 Å². The molecule has 52 heavy (non-hydrogen) atoms. The largest absolute Gasteiger partial charge is 0.488 e. The van der Waals surface area contributed by atoms with Crippen LogP contribution in [0, 0.1) is 34.9 Å². The van der Waals surface area contributed by atoms with Crippen molar-refractivity contribution in [2.75, 3.05) is 24.7 Å². The van der Waals surface area contributed by atoms with Gasteiger partial charge in [-0.15, -0.1) is 0 Å². The monoisotopic (exact) mass is 746 g/mol. The summed E-state index contributed by atoms with van der Waals surface area (Å²) in [4.78, 5) is 25.0. The maximum atomic E-state index is 15.9. The van der Waals surface area contributed by atoms with Gasteiger partial charge in [-0.1, -0.05) is 60.7 Å². The van der Waals surface area contributed by atoms with Gasteiger partial charge in [0, 0.05) is 12.6 Å². The molecule has 9 nitrogen and oxygen atoms in total. The third-order valence-electron chi connectivity index (χ3n) is 8.69. The Balaban J connectivity index is 1.40. The van der Waals surface area contributed by atoms with Crippen LogP contribution in [0.15, 0.2) is 77.7 Å². The SMILES string of the molecule is O=C(O)c1cc(F)c(N(Cc2ccc(C3=CCOCC3)cc2)C(=O)[C@H]2CCN2S(=O)(=O)c2c(F)c(F)c(F)c(F)c2F)cc1OCc1ccccc1. The van der Waals surface area contributed by atoms with E-state index in [0.29, 0.717) is 36.8 Å². The maximum Gasteiger partial charge on any atom is 0.339 e. The number of carboxylic acids is 1. The van der Waals surface area contributed by atoms with Crippen LogP contribution in [0.5, 0.6) is 5.75 Å². The number of aromatic carboxylic acids is 1. The second-order valence-corrected chi connectivity index (χ2v) is 13.7. The molecule has 0 aliphatic carbocycles. The Labute approximate surface area is 293 Å². The number of benzene rings is 4. The van der Waals surface area contributed by atoms with E-state index in [1.807, 2.05) is 6.08 Å². The number of carboxylic acid groups (broad SMARTS) is 1. The molecule has 16 heteroatoms. The number of sulfonamides is 1. The van der Waals surface area contributed by atoms with Gasteiger partial charge in [0.25, 0.3) is 0 Å². The van der Waals surface area contributed by atoms with Crippen molar-refractivity contribution in [1.29, 1.82) is 0 Å². The summed E-state index contributed by atoms with van der Waals surface area (Å²) in [6.07, 6.45) is 2.28. The molecule has 1 atom stereocenters. The first-order valence-corrected chi connectivity index (χ1v) is 17.2. The van der Waals surface area contributed by atoms with Crippen LogP contribution in [0.1, 0.15) is 39.9 Å². The van der Waals surface area contributed by atoms with E-state index in [2.05, 4.69) is 0 Å². The fraction of sp³-hybridized carbons (Fsp3) is 0.222. The van der Waals surface area contributed by atoms with Gasteiger partial charge in [0.1, 0.15) is 29.8 Å². The number of nitrogens with zero attached hydrogens (tertiary/aromatic N) is 2. The first-order chi connectivity index (χ1) is 24.8. The third-order valence-corrected chi connectivity index (χ3v) is 10.6. The average Bonchev–Trinajstić information content (AvgIpc) is 3.12. The van der Waals surface area contributed by atoms with Gasteiger partial charge in [-0.2, -0.15) is 4.31 Å². The highest BCUT2D eigenvalue weighted by molar-refractivity contribution is 7.89. The quantitative estimate of drug-likeness (QED) is 0.105. The van der Waals surface area contributed by atoms with Crippen LogP contribution < -0.4 is 9.64 Å². The number of carbonyl (C=O) groups is 2. The van der Waals surface area contributed by atoms with Crippen LogP contribution >= 0.6 is 0 Å². The highest BCUT2D eigenvalue weighted by Crippen LogP contribution is 2.37. The van der Waals surface area contributed by atoms with E-state index >= 15 is 4.39 Å². The van der Waals surface area contributed by atoms with Crippen molar-refractivity contribution in [3.8, 4) is 5.75 Å². The summed E-state index contributed by atoms with van der Waals surface area (Å²) in [5.41, 5.74) is 1.77. The number of hydrogen-bond acceptors (Lipinski definition) is 6. The standard InChI is InChI=1S/C36H28F6N2O7S/c37-25-16-24(36(46)47)28(51-19-21-4-2-1-3-5-21)17-27(25)43(18-20-6-8-22(9-7-20)23-11-14-50-15-12-23)35(45)26-10-13-44(26)52(48,49)34-32(41)30(39)29(38)31(40)33(34)42/h1-9,11,16-17,26H,10,12-15,18-19H2,(H,46,47)/t26-/m1/s1. The van der Waals surface area contributed by atoms with Crippen LogP contribution in [-0.2, 0) is 32.7 Å². The van der Waals surface area contributed by atoms with Crippen LogP contribution in [0.3, 0.4) is 0 Å². The average molecular weight is 747 g/mol. The lowest BCUT2D eigenvalue weighted by molar-refractivity contribution is -0.125. The second-order valence-electron chi connectivity index (χ2n) is 11.9. The van der Waals surface area contributed by atoms with Crippen molar-refractivity contribution in [2.24, 2.45) is 0 Å². The van der Waals surface area contributed by atoms with E-state index in [1.54, 1.807) is 54.6 Å². The molecule has 1 fully saturated rings. The van der Waals surface area contributed by atoms with E-state index in [1.165, 1.54) is 0 Å². The van der Waals surface area contributed by atoms with Gasteiger partial charge in [-0.25, -0.2) is 39.6 Å². The van der Waals surface area contributed by atoms with Crippen molar-refractivity contribution >= 4 is 33.2 Å².